The lowest BCUT2D eigenvalue weighted by molar-refractivity contribution is 0.0942. The van der Waals surface area contributed by atoms with Gasteiger partial charge >= 0.3 is 0 Å². The molecule has 1 amide bonds. The van der Waals surface area contributed by atoms with Crippen LogP contribution in [0.15, 0.2) is 30.5 Å². The van der Waals surface area contributed by atoms with Crippen molar-refractivity contribution < 1.29 is 9.53 Å². The van der Waals surface area contributed by atoms with Gasteiger partial charge < -0.3 is 10.1 Å². The molecule has 0 atom stereocenters. The van der Waals surface area contributed by atoms with Crippen molar-refractivity contribution in [3.05, 3.63) is 56.8 Å². The second-order valence-electron chi connectivity index (χ2n) is 4.50. The predicted molar refractivity (Wildman–Crippen MR) is 88.3 cm³/mol. The Balaban J connectivity index is 1.85. The molecule has 1 heterocycles. The average Bonchev–Trinajstić information content (AvgIpc) is 2.51. The molecule has 0 aliphatic heterocycles. The van der Waals surface area contributed by atoms with Crippen LogP contribution in [-0.2, 0) is 0 Å². The Morgan fingerprint density at radius 2 is 1.86 bits per heavy atom. The van der Waals surface area contributed by atoms with Crippen LogP contribution < -0.4 is 10.1 Å². The smallest absolute Gasteiger partial charge is 0.271 e. The number of hydrogen-bond acceptors (Lipinski definition) is 3. The number of aryl methyl sites for hydroxylation is 1. The van der Waals surface area contributed by atoms with Crippen molar-refractivity contribution in [2.75, 3.05) is 13.2 Å². The van der Waals surface area contributed by atoms with E-state index < -0.39 is 5.91 Å². The Bertz CT molecular complexity index is 675. The summed E-state index contributed by atoms with van der Waals surface area (Å²) in [6.45, 7) is 2.64. The number of pyridine rings is 1. The third-order valence-corrected chi connectivity index (χ3v) is 4.05. The summed E-state index contributed by atoms with van der Waals surface area (Å²) < 4.78 is 5.51. The number of aromatic nitrogens is 1. The minimum atomic E-state index is -0.434. The van der Waals surface area contributed by atoms with Gasteiger partial charge in [-0.15, -0.1) is 0 Å². The van der Waals surface area contributed by atoms with E-state index in [1.807, 2.05) is 31.2 Å². The number of rotatable bonds is 5. The maximum Gasteiger partial charge on any atom is 0.271 e. The van der Waals surface area contributed by atoms with Crippen LogP contribution in [0.2, 0.25) is 15.1 Å². The summed E-state index contributed by atoms with van der Waals surface area (Å²) in [7, 11) is 0. The molecule has 4 nitrogen and oxygen atoms in total. The number of hydrogen-bond donors (Lipinski definition) is 1. The summed E-state index contributed by atoms with van der Waals surface area (Å²) in [6, 6.07) is 7.64. The van der Waals surface area contributed by atoms with Gasteiger partial charge in [-0.25, -0.2) is 4.98 Å². The summed E-state index contributed by atoms with van der Waals surface area (Å²) >= 11 is 17.6. The third kappa shape index (κ3) is 4.26. The van der Waals surface area contributed by atoms with Crippen molar-refractivity contribution in [2.45, 2.75) is 6.92 Å². The van der Waals surface area contributed by atoms with Crippen molar-refractivity contribution in [3.8, 4) is 5.75 Å². The Morgan fingerprint density at radius 3 is 2.55 bits per heavy atom. The highest BCUT2D eigenvalue weighted by atomic mass is 35.5. The summed E-state index contributed by atoms with van der Waals surface area (Å²) in [5, 5.41) is 3.00. The molecule has 0 fully saturated rings. The number of halogens is 3. The van der Waals surface area contributed by atoms with E-state index in [1.54, 1.807) is 0 Å². The molecule has 1 aromatic heterocycles. The van der Waals surface area contributed by atoms with Crippen LogP contribution in [0.4, 0.5) is 0 Å². The number of ether oxygens (including phenoxy) is 1. The van der Waals surface area contributed by atoms with Crippen molar-refractivity contribution in [1.29, 1.82) is 0 Å². The van der Waals surface area contributed by atoms with E-state index in [-0.39, 0.29) is 20.8 Å². The minimum absolute atomic E-state index is 0.0334. The highest BCUT2D eigenvalue weighted by Crippen LogP contribution is 2.30. The van der Waals surface area contributed by atoms with E-state index in [0.717, 1.165) is 11.3 Å². The van der Waals surface area contributed by atoms with Crippen LogP contribution in [0.5, 0.6) is 5.75 Å². The van der Waals surface area contributed by atoms with Gasteiger partial charge in [-0.2, -0.15) is 0 Å². The molecule has 0 unspecified atom stereocenters. The largest absolute Gasteiger partial charge is 0.492 e. The van der Waals surface area contributed by atoms with Gasteiger partial charge in [0.25, 0.3) is 5.91 Å². The van der Waals surface area contributed by atoms with Gasteiger partial charge in [-0.1, -0.05) is 52.5 Å². The molecule has 0 spiro atoms. The molecule has 1 N–H and O–H groups in total. The third-order valence-electron chi connectivity index (χ3n) is 2.81. The van der Waals surface area contributed by atoms with Gasteiger partial charge in [-0.05, 0) is 19.1 Å². The predicted octanol–water partition coefficient (Wildman–Crippen LogP) is 4.16. The van der Waals surface area contributed by atoms with Crippen molar-refractivity contribution in [2.24, 2.45) is 0 Å². The molecule has 0 radical (unpaired) electrons. The van der Waals surface area contributed by atoms with E-state index in [9.17, 15) is 4.79 Å². The van der Waals surface area contributed by atoms with Crippen LogP contribution in [0.3, 0.4) is 0 Å². The number of amides is 1. The summed E-state index contributed by atoms with van der Waals surface area (Å²) in [4.78, 5) is 15.9. The number of nitrogens with zero attached hydrogens (tertiary/aromatic N) is 1. The van der Waals surface area contributed by atoms with Crippen LogP contribution in [0.25, 0.3) is 0 Å². The molecule has 1 aromatic carbocycles. The zero-order valence-corrected chi connectivity index (χ0v) is 14.0. The second-order valence-corrected chi connectivity index (χ2v) is 5.66. The van der Waals surface area contributed by atoms with Gasteiger partial charge in [-0.3, -0.25) is 4.79 Å². The van der Waals surface area contributed by atoms with Crippen molar-refractivity contribution >= 4 is 40.7 Å². The SMILES string of the molecule is Cc1ccc(OCCNC(=O)c2ncc(Cl)c(Cl)c2Cl)cc1. The van der Waals surface area contributed by atoms with Gasteiger partial charge in [0.05, 0.1) is 21.6 Å². The molecule has 7 heteroatoms. The maximum atomic E-state index is 12.0. The highest BCUT2D eigenvalue weighted by molar-refractivity contribution is 6.48. The fourth-order valence-corrected chi connectivity index (χ4v) is 2.22. The lowest BCUT2D eigenvalue weighted by Crippen LogP contribution is -2.29. The topological polar surface area (TPSA) is 51.2 Å². The van der Waals surface area contributed by atoms with Crippen LogP contribution >= 0.6 is 34.8 Å². The first-order valence-electron chi connectivity index (χ1n) is 6.46. The number of benzene rings is 1. The first kappa shape index (κ1) is 16.9. The molecule has 2 rings (SSSR count). The fourth-order valence-electron chi connectivity index (χ4n) is 1.65. The van der Waals surface area contributed by atoms with E-state index in [0.29, 0.717) is 13.2 Å². The van der Waals surface area contributed by atoms with Gasteiger partial charge in [0.15, 0.2) is 0 Å². The molecule has 0 bridgehead atoms. The first-order chi connectivity index (χ1) is 10.5. The highest BCUT2D eigenvalue weighted by Gasteiger charge is 2.16. The Kier molecular flexibility index (Phi) is 5.89. The molecule has 2 aromatic rings. The van der Waals surface area contributed by atoms with Crippen LogP contribution in [0.1, 0.15) is 16.1 Å². The fraction of sp³-hybridized carbons (Fsp3) is 0.200. The molecule has 116 valence electrons. The van der Waals surface area contributed by atoms with Gasteiger partial charge in [0, 0.05) is 6.20 Å². The van der Waals surface area contributed by atoms with Gasteiger partial charge in [0.1, 0.15) is 18.1 Å². The minimum Gasteiger partial charge on any atom is -0.492 e. The number of carbonyl (C=O) groups excluding carboxylic acids is 1. The Labute approximate surface area is 143 Å². The Hall–Kier alpha value is -1.49. The second kappa shape index (κ2) is 7.68. The molecule has 0 aliphatic carbocycles. The molecular formula is C15H13Cl3N2O2. The summed E-state index contributed by atoms with van der Waals surface area (Å²) in [6.07, 6.45) is 1.29. The van der Waals surface area contributed by atoms with E-state index >= 15 is 0 Å². The lowest BCUT2D eigenvalue weighted by atomic mass is 10.2. The molecule has 0 saturated carbocycles. The number of nitrogens with one attached hydrogen (secondary N) is 1. The lowest BCUT2D eigenvalue weighted by Gasteiger charge is -2.09. The monoisotopic (exact) mass is 358 g/mol. The van der Waals surface area contributed by atoms with E-state index in [4.69, 9.17) is 39.5 Å². The summed E-state index contributed by atoms with van der Waals surface area (Å²) in [5.41, 5.74) is 1.19. The van der Waals surface area contributed by atoms with Crippen molar-refractivity contribution in [1.82, 2.24) is 10.3 Å². The van der Waals surface area contributed by atoms with Crippen LogP contribution in [0, 0.1) is 6.92 Å². The first-order valence-corrected chi connectivity index (χ1v) is 7.59. The van der Waals surface area contributed by atoms with Crippen molar-refractivity contribution in [3.63, 3.8) is 0 Å². The maximum absolute atomic E-state index is 12.0. The molecule has 0 saturated heterocycles. The number of carbonyl (C=O) groups is 1. The molecule has 0 aliphatic rings. The molecular weight excluding hydrogens is 347 g/mol. The zero-order chi connectivity index (χ0) is 16.1. The zero-order valence-electron chi connectivity index (χ0n) is 11.7. The van der Waals surface area contributed by atoms with E-state index in [2.05, 4.69) is 10.3 Å². The van der Waals surface area contributed by atoms with E-state index in [1.165, 1.54) is 6.20 Å². The van der Waals surface area contributed by atoms with Gasteiger partial charge in [0.2, 0.25) is 0 Å². The standard InChI is InChI=1S/C15H13Cl3N2O2/c1-9-2-4-10(5-3-9)22-7-6-19-15(21)14-13(18)12(17)11(16)8-20-14/h2-5,8H,6-7H2,1H3,(H,19,21). The molecule has 22 heavy (non-hydrogen) atoms. The summed E-state index contributed by atoms with van der Waals surface area (Å²) in [5.74, 6) is 0.307. The quantitative estimate of drug-likeness (QED) is 0.816. The Morgan fingerprint density at radius 1 is 1.18 bits per heavy atom. The average molecular weight is 360 g/mol. The van der Waals surface area contributed by atoms with Crippen LogP contribution in [-0.4, -0.2) is 24.0 Å². The normalized spacial score (nSPS) is 10.4.